The van der Waals surface area contributed by atoms with E-state index in [-0.39, 0.29) is 12.1 Å². The van der Waals surface area contributed by atoms with Crippen molar-refractivity contribution in [1.82, 2.24) is 10.6 Å². The number of urea groups is 2. The molecule has 2 aromatic rings. The zero-order chi connectivity index (χ0) is 19.1. The number of benzene rings is 2. The fraction of sp³-hybridized carbons (Fsp3) is 0.263. The molecule has 0 bridgehead atoms. The number of ether oxygens (including phenoxy) is 2. The largest absolute Gasteiger partial charge is 0.493 e. The molecule has 1 saturated heterocycles. The van der Waals surface area contributed by atoms with Crippen LogP contribution in [0.5, 0.6) is 11.5 Å². The van der Waals surface area contributed by atoms with Crippen LogP contribution in [0.25, 0.3) is 0 Å². The van der Waals surface area contributed by atoms with Gasteiger partial charge in [-0.3, -0.25) is 4.90 Å². The summed E-state index contributed by atoms with van der Waals surface area (Å²) in [6, 6.07) is 14.0. The molecule has 3 N–H and O–H groups in total. The third-order valence-electron chi connectivity index (χ3n) is 3.99. The highest BCUT2D eigenvalue weighted by Crippen LogP contribution is 2.25. The van der Waals surface area contributed by atoms with E-state index in [0.717, 1.165) is 5.69 Å². The van der Waals surface area contributed by atoms with Gasteiger partial charge in [0.05, 0.1) is 13.7 Å². The number of nitrogens with one attached hydrogen (secondary N) is 3. The quantitative estimate of drug-likeness (QED) is 0.653. The lowest BCUT2D eigenvalue weighted by Gasteiger charge is -2.16. The predicted molar refractivity (Wildman–Crippen MR) is 103 cm³/mol. The van der Waals surface area contributed by atoms with Gasteiger partial charge < -0.3 is 25.4 Å². The maximum absolute atomic E-state index is 12.0. The zero-order valence-electron chi connectivity index (χ0n) is 15.0. The standard InChI is InChI=1S/C19H22N4O4/c1-26-16-7-2-3-8-17(16)27-12-10-20-18(24)22-14-5-4-6-15(13-14)23-11-9-21-19(23)25/h2-8,13H,9-12H2,1H3,(H,21,25)(H2,20,22,24). The molecule has 1 fully saturated rings. The Kier molecular flexibility index (Phi) is 5.98. The number of para-hydroxylation sites is 2. The number of hydrogen-bond acceptors (Lipinski definition) is 4. The van der Waals surface area contributed by atoms with Crippen LogP contribution in [0.3, 0.4) is 0 Å². The maximum atomic E-state index is 12.0. The molecule has 3 rings (SSSR count). The van der Waals surface area contributed by atoms with Gasteiger partial charge in [0.15, 0.2) is 11.5 Å². The second kappa shape index (κ2) is 8.79. The van der Waals surface area contributed by atoms with Gasteiger partial charge in [-0.05, 0) is 30.3 Å². The molecule has 0 spiro atoms. The Bertz CT molecular complexity index is 812. The third kappa shape index (κ3) is 4.81. The minimum absolute atomic E-state index is 0.134. The highest BCUT2D eigenvalue weighted by molar-refractivity contribution is 5.95. The summed E-state index contributed by atoms with van der Waals surface area (Å²) in [5, 5.41) is 8.23. The van der Waals surface area contributed by atoms with Crippen molar-refractivity contribution in [3.05, 3.63) is 48.5 Å². The van der Waals surface area contributed by atoms with Crippen LogP contribution in [-0.2, 0) is 0 Å². The average molecular weight is 370 g/mol. The second-order valence-electron chi connectivity index (χ2n) is 5.81. The van der Waals surface area contributed by atoms with Crippen LogP contribution >= 0.6 is 0 Å². The van der Waals surface area contributed by atoms with Crippen molar-refractivity contribution >= 4 is 23.4 Å². The molecule has 0 aromatic heterocycles. The van der Waals surface area contributed by atoms with Crippen molar-refractivity contribution in [2.45, 2.75) is 0 Å². The smallest absolute Gasteiger partial charge is 0.321 e. The Hall–Kier alpha value is -3.42. The van der Waals surface area contributed by atoms with Gasteiger partial charge in [0.2, 0.25) is 0 Å². The van der Waals surface area contributed by atoms with E-state index in [4.69, 9.17) is 9.47 Å². The normalized spacial score (nSPS) is 13.1. The lowest BCUT2D eigenvalue weighted by atomic mass is 10.2. The molecule has 8 nitrogen and oxygen atoms in total. The van der Waals surface area contributed by atoms with Crippen LogP contribution in [-0.4, -0.2) is 45.4 Å². The Morgan fingerprint density at radius 1 is 1.19 bits per heavy atom. The molecule has 0 aliphatic carbocycles. The van der Waals surface area contributed by atoms with Crippen molar-refractivity contribution < 1.29 is 19.1 Å². The molecular formula is C19H22N4O4. The highest BCUT2D eigenvalue weighted by atomic mass is 16.5. The topological polar surface area (TPSA) is 91.9 Å². The van der Waals surface area contributed by atoms with Gasteiger partial charge in [-0.25, -0.2) is 9.59 Å². The predicted octanol–water partition coefficient (Wildman–Crippen LogP) is 2.43. The first kappa shape index (κ1) is 18.4. The third-order valence-corrected chi connectivity index (χ3v) is 3.99. The lowest BCUT2D eigenvalue weighted by Crippen LogP contribution is -2.32. The monoisotopic (exact) mass is 370 g/mol. The Balaban J connectivity index is 1.46. The Morgan fingerprint density at radius 2 is 2.00 bits per heavy atom. The van der Waals surface area contributed by atoms with Crippen molar-refractivity contribution in [3.63, 3.8) is 0 Å². The second-order valence-corrected chi connectivity index (χ2v) is 5.81. The first-order chi connectivity index (χ1) is 13.2. The van der Waals surface area contributed by atoms with Crippen LogP contribution in [0, 0.1) is 0 Å². The van der Waals surface area contributed by atoms with Crippen LogP contribution in [0.2, 0.25) is 0 Å². The van der Waals surface area contributed by atoms with E-state index >= 15 is 0 Å². The SMILES string of the molecule is COc1ccccc1OCCNC(=O)Nc1cccc(N2CCNC2=O)c1. The number of amides is 4. The van der Waals surface area contributed by atoms with E-state index in [1.807, 2.05) is 24.3 Å². The zero-order valence-corrected chi connectivity index (χ0v) is 15.0. The summed E-state index contributed by atoms with van der Waals surface area (Å²) >= 11 is 0. The van der Waals surface area contributed by atoms with Crippen LogP contribution in [0.4, 0.5) is 21.0 Å². The number of carbonyl (C=O) groups is 2. The fourth-order valence-corrected chi connectivity index (χ4v) is 2.71. The summed E-state index contributed by atoms with van der Waals surface area (Å²) in [6.07, 6.45) is 0. The first-order valence-electron chi connectivity index (χ1n) is 8.63. The number of methoxy groups -OCH3 is 1. The summed E-state index contributed by atoms with van der Waals surface area (Å²) in [7, 11) is 1.58. The van der Waals surface area contributed by atoms with Crippen LogP contribution < -0.4 is 30.3 Å². The van der Waals surface area contributed by atoms with Crippen LogP contribution in [0.15, 0.2) is 48.5 Å². The van der Waals surface area contributed by atoms with Crippen molar-refractivity contribution in [3.8, 4) is 11.5 Å². The number of rotatable bonds is 7. The van der Waals surface area contributed by atoms with Crippen LogP contribution in [0.1, 0.15) is 0 Å². The summed E-state index contributed by atoms with van der Waals surface area (Å²) in [6.45, 7) is 1.86. The molecule has 1 aliphatic heterocycles. The Labute approximate surface area is 157 Å². The van der Waals surface area contributed by atoms with E-state index in [1.54, 1.807) is 36.3 Å². The number of nitrogens with zero attached hydrogens (tertiary/aromatic N) is 1. The van der Waals surface area contributed by atoms with E-state index in [1.165, 1.54) is 0 Å². The summed E-state index contributed by atoms with van der Waals surface area (Å²) in [5.41, 5.74) is 1.35. The molecule has 142 valence electrons. The minimum atomic E-state index is -0.346. The summed E-state index contributed by atoms with van der Waals surface area (Å²) in [5.74, 6) is 1.27. The van der Waals surface area contributed by atoms with Crippen molar-refractivity contribution in [1.29, 1.82) is 0 Å². The molecule has 0 unspecified atom stereocenters. The van der Waals surface area contributed by atoms with Gasteiger partial charge in [-0.1, -0.05) is 18.2 Å². The fourth-order valence-electron chi connectivity index (χ4n) is 2.71. The highest BCUT2D eigenvalue weighted by Gasteiger charge is 2.21. The molecule has 0 saturated carbocycles. The van der Waals surface area contributed by atoms with E-state index in [2.05, 4.69) is 16.0 Å². The lowest BCUT2D eigenvalue weighted by molar-refractivity contribution is 0.246. The van der Waals surface area contributed by atoms with Gasteiger partial charge in [-0.15, -0.1) is 0 Å². The summed E-state index contributed by atoms with van der Waals surface area (Å²) in [4.78, 5) is 25.4. The minimum Gasteiger partial charge on any atom is -0.493 e. The number of anilines is 2. The molecule has 27 heavy (non-hydrogen) atoms. The van der Waals surface area contributed by atoms with Gasteiger partial charge in [0.25, 0.3) is 0 Å². The molecule has 0 radical (unpaired) electrons. The summed E-state index contributed by atoms with van der Waals surface area (Å²) < 4.78 is 10.8. The first-order valence-corrected chi connectivity index (χ1v) is 8.63. The van der Waals surface area contributed by atoms with Gasteiger partial charge in [0, 0.05) is 24.5 Å². The van der Waals surface area contributed by atoms with Gasteiger partial charge >= 0.3 is 12.1 Å². The van der Waals surface area contributed by atoms with E-state index < -0.39 is 0 Å². The van der Waals surface area contributed by atoms with E-state index in [0.29, 0.717) is 43.4 Å². The maximum Gasteiger partial charge on any atom is 0.321 e. The van der Waals surface area contributed by atoms with Gasteiger partial charge in [-0.2, -0.15) is 0 Å². The molecule has 1 heterocycles. The van der Waals surface area contributed by atoms with Gasteiger partial charge in [0.1, 0.15) is 6.61 Å². The Morgan fingerprint density at radius 3 is 2.74 bits per heavy atom. The molecule has 2 aromatic carbocycles. The molecule has 4 amide bonds. The van der Waals surface area contributed by atoms with Crippen molar-refractivity contribution in [2.75, 3.05) is 43.6 Å². The molecule has 1 aliphatic rings. The van der Waals surface area contributed by atoms with Crippen molar-refractivity contribution in [2.24, 2.45) is 0 Å². The molecule has 8 heteroatoms. The average Bonchev–Trinajstić information content (AvgIpc) is 3.11. The number of hydrogen-bond donors (Lipinski definition) is 3. The molecular weight excluding hydrogens is 348 g/mol. The number of carbonyl (C=O) groups excluding carboxylic acids is 2. The van der Waals surface area contributed by atoms with E-state index in [9.17, 15) is 9.59 Å². The molecule has 0 atom stereocenters.